The van der Waals surface area contributed by atoms with Crippen LogP contribution in [0.1, 0.15) is 37.5 Å². The van der Waals surface area contributed by atoms with Crippen LogP contribution in [0, 0.1) is 17.2 Å². The van der Waals surface area contributed by atoms with Gasteiger partial charge in [-0.1, -0.05) is 39.0 Å². The van der Waals surface area contributed by atoms with Crippen LogP contribution in [0.15, 0.2) is 18.2 Å². The first-order valence-corrected chi connectivity index (χ1v) is 4.53. The van der Waals surface area contributed by atoms with E-state index in [1.807, 2.05) is 32.0 Å². The summed E-state index contributed by atoms with van der Waals surface area (Å²) in [6.45, 7) is 6.15. The first-order valence-electron chi connectivity index (χ1n) is 4.53. The Morgan fingerprint density at radius 3 is 2.54 bits per heavy atom. The molecule has 0 saturated carbocycles. The SMILES string of the molecule is CCc1cccc([C](C)C)c1C#N. The van der Waals surface area contributed by atoms with Crippen molar-refractivity contribution in [1.82, 2.24) is 0 Å². The van der Waals surface area contributed by atoms with Gasteiger partial charge in [-0.25, -0.2) is 0 Å². The minimum absolute atomic E-state index is 0.838. The highest BCUT2D eigenvalue weighted by molar-refractivity contribution is 5.49. The van der Waals surface area contributed by atoms with E-state index in [0.717, 1.165) is 23.1 Å². The second kappa shape index (κ2) is 4.09. The number of aryl methyl sites for hydroxylation is 1. The molecule has 1 nitrogen and oxygen atoms in total. The number of hydrogen-bond donors (Lipinski definition) is 0. The molecule has 0 aliphatic rings. The third-order valence-electron chi connectivity index (χ3n) is 2.18. The Bertz CT molecular complexity index is 331. The van der Waals surface area contributed by atoms with Crippen molar-refractivity contribution in [1.29, 1.82) is 5.26 Å². The molecule has 1 aromatic rings. The largest absolute Gasteiger partial charge is 0.192 e. The Morgan fingerprint density at radius 2 is 2.08 bits per heavy atom. The molecule has 1 rings (SSSR count). The van der Waals surface area contributed by atoms with Crippen molar-refractivity contribution in [2.24, 2.45) is 0 Å². The first kappa shape index (κ1) is 9.80. The molecule has 0 aromatic heterocycles. The van der Waals surface area contributed by atoms with Crippen molar-refractivity contribution in [2.45, 2.75) is 27.2 Å². The maximum absolute atomic E-state index is 9.02. The van der Waals surface area contributed by atoms with Crippen LogP contribution in [-0.4, -0.2) is 0 Å². The van der Waals surface area contributed by atoms with Gasteiger partial charge in [0.15, 0.2) is 0 Å². The average molecular weight is 172 g/mol. The van der Waals surface area contributed by atoms with Crippen LogP contribution in [0.2, 0.25) is 0 Å². The van der Waals surface area contributed by atoms with Gasteiger partial charge in [-0.15, -0.1) is 0 Å². The topological polar surface area (TPSA) is 23.8 Å². The van der Waals surface area contributed by atoms with Crippen molar-refractivity contribution in [3.8, 4) is 6.07 Å². The van der Waals surface area contributed by atoms with Crippen molar-refractivity contribution in [3.05, 3.63) is 40.8 Å². The predicted molar refractivity (Wildman–Crippen MR) is 54.2 cm³/mol. The summed E-state index contributed by atoms with van der Waals surface area (Å²) >= 11 is 0. The minimum atomic E-state index is 0.838. The normalized spacial score (nSPS) is 10.1. The van der Waals surface area contributed by atoms with Crippen LogP contribution in [-0.2, 0) is 6.42 Å². The highest BCUT2D eigenvalue weighted by Crippen LogP contribution is 2.21. The molecule has 0 spiro atoms. The summed E-state index contributed by atoms with van der Waals surface area (Å²) in [5, 5.41) is 9.02. The first-order chi connectivity index (χ1) is 6.20. The Kier molecular flexibility index (Phi) is 3.08. The van der Waals surface area contributed by atoms with Gasteiger partial charge in [-0.05, 0) is 17.5 Å². The molecular weight excluding hydrogens is 158 g/mol. The van der Waals surface area contributed by atoms with Gasteiger partial charge in [0.05, 0.1) is 11.6 Å². The highest BCUT2D eigenvalue weighted by atomic mass is 14.3. The second-order valence-electron chi connectivity index (χ2n) is 3.31. The Balaban J connectivity index is 3.29. The van der Waals surface area contributed by atoms with E-state index >= 15 is 0 Å². The molecule has 0 atom stereocenters. The minimum Gasteiger partial charge on any atom is -0.192 e. The smallest absolute Gasteiger partial charge is 0.0997 e. The highest BCUT2D eigenvalue weighted by Gasteiger charge is 2.09. The number of hydrogen-bond acceptors (Lipinski definition) is 1. The van der Waals surface area contributed by atoms with Crippen LogP contribution in [0.5, 0.6) is 0 Å². The third kappa shape index (κ3) is 1.89. The number of rotatable bonds is 2. The van der Waals surface area contributed by atoms with E-state index in [-0.39, 0.29) is 0 Å². The van der Waals surface area contributed by atoms with E-state index in [2.05, 4.69) is 13.0 Å². The van der Waals surface area contributed by atoms with E-state index in [0.29, 0.717) is 0 Å². The molecule has 13 heavy (non-hydrogen) atoms. The molecular formula is C12H14N. The van der Waals surface area contributed by atoms with E-state index < -0.39 is 0 Å². The van der Waals surface area contributed by atoms with Gasteiger partial charge in [0.25, 0.3) is 0 Å². The fourth-order valence-corrected chi connectivity index (χ4v) is 1.44. The van der Waals surface area contributed by atoms with Crippen molar-refractivity contribution in [2.75, 3.05) is 0 Å². The molecule has 0 aliphatic heterocycles. The number of nitrogens with zero attached hydrogens (tertiary/aromatic N) is 1. The summed E-state index contributed by atoms with van der Waals surface area (Å²) in [6, 6.07) is 8.32. The molecule has 0 N–H and O–H groups in total. The van der Waals surface area contributed by atoms with Crippen LogP contribution in [0.25, 0.3) is 0 Å². The third-order valence-corrected chi connectivity index (χ3v) is 2.18. The zero-order valence-electron chi connectivity index (χ0n) is 8.39. The van der Waals surface area contributed by atoms with Crippen LogP contribution in [0.3, 0.4) is 0 Å². The van der Waals surface area contributed by atoms with E-state index in [4.69, 9.17) is 5.26 Å². The number of nitriles is 1. The second-order valence-corrected chi connectivity index (χ2v) is 3.31. The predicted octanol–water partition coefficient (Wildman–Crippen LogP) is 3.08. The molecule has 0 amide bonds. The molecule has 1 radical (unpaired) electrons. The summed E-state index contributed by atoms with van der Waals surface area (Å²) in [7, 11) is 0. The standard InChI is InChI=1S/C12H14N/c1-4-10-6-5-7-11(9(2)3)12(10)8-13/h5-7H,4H2,1-3H3. The summed E-state index contributed by atoms with van der Waals surface area (Å²) < 4.78 is 0. The van der Waals surface area contributed by atoms with Crippen LogP contribution < -0.4 is 0 Å². The molecule has 0 unspecified atom stereocenters. The molecule has 0 saturated heterocycles. The lowest BCUT2D eigenvalue weighted by atomic mass is 9.93. The van der Waals surface area contributed by atoms with Crippen LogP contribution >= 0.6 is 0 Å². The summed E-state index contributed by atoms with van der Waals surface area (Å²) in [5.41, 5.74) is 3.06. The Labute approximate surface area is 80.0 Å². The molecule has 0 bridgehead atoms. The maximum Gasteiger partial charge on any atom is 0.0997 e. The van der Waals surface area contributed by atoms with Gasteiger partial charge >= 0.3 is 0 Å². The lowest BCUT2D eigenvalue weighted by Gasteiger charge is -2.09. The van der Waals surface area contributed by atoms with Crippen molar-refractivity contribution >= 4 is 0 Å². The van der Waals surface area contributed by atoms with Gasteiger partial charge in [0.2, 0.25) is 0 Å². The van der Waals surface area contributed by atoms with Gasteiger partial charge in [-0.3, -0.25) is 0 Å². The molecule has 67 valence electrons. The fourth-order valence-electron chi connectivity index (χ4n) is 1.44. The maximum atomic E-state index is 9.02. The summed E-state index contributed by atoms with van der Waals surface area (Å²) in [5.74, 6) is 1.20. The number of benzene rings is 1. The van der Waals surface area contributed by atoms with Gasteiger partial charge < -0.3 is 0 Å². The Hall–Kier alpha value is -1.29. The monoisotopic (exact) mass is 172 g/mol. The summed E-state index contributed by atoms with van der Waals surface area (Å²) in [6.07, 6.45) is 0.921. The molecule has 1 heteroatoms. The van der Waals surface area contributed by atoms with E-state index in [1.165, 1.54) is 5.92 Å². The average Bonchev–Trinajstić information content (AvgIpc) is 2.16. The zero-order valence-corrected chi connectivity index (χ0v) is 8.39. The zero-order chi connectivity index (χ0) is 9.84. The summed E-state index contributed by atoms with van der Waals surface area (Å²) in [4.78, 5) is 0. The van der Waals surface area contributed by atoms with Gasteiger partial charge in [-0.2, -0.15) is 5.26 Å². The van der Waals surface area contributed by atoms with Crippen LogP contribution in [0.4, 0.5) is 0 Å². The van der Waals surface area contributed by atoms with Gasteiger partial charge in [0, 0.05) is 5.92 Å². The van der Waals surface area contributed by atoms with Gasteiger partial charge in [0.1, 0.15) is 0 Å². The molecule has 1 aromatic carbocycles. The Morgan fingerprint density at radius 1 is 1.38 bits per heavy atom. The van der Waals surface area contributed by atoms with Crippen molar-refractivity contribution < 1.29 is 0 Å². The quantitative estimate of drug-likeness (QED) is 0.672. The molecule has 0 fully saturated rings. The molecule has 0 heterocycles. The van der Waals surface area contributed by atoms with Crippen molar-refractivity contribution in [3.63, 3.8) is 0 Å². The fraction of sp³-hybridized carbons (Fsp3) is 0.333. The van der Waals surface area contributed by atoms with E-state index in [9.17, 15) is 0 Å². The lowest BCUT2D eigenvalue weighted by molar-refractivity contribution is 1.08. The van der Waals surface area contributed by atoms with E-state index in [1.54, 1.807) is 0 Å². The lowest BCUT2D eigenvalue weighted by Crippen LogP contribution is -1.97. The molecule has 0 aliphatic carbocycles.